The Morgan fingerprint density at radius 1 is 1.17 bits per heavy atom. The minimum Gasteiger partial charge on any atom is -0.497 e. The van der Waals surface area contributed by atoms with Crippen LogP contribution in [0.4, 0.5) is 5.69 Å². The highest BCUT2D eigenvalue weighted by molar-refractivity contribution is 6.01. The van der Waals surface area contributed by atoms with Gasteiger partial charge in [-0.25, -0.2) is 0 Å². The first-order chi connectivity index (χ1) is 11.1. The zero-order valence-electron chi connectivity index (χ0n) is 13.6. The fourth-order valence-electron chi connectivity index (χ4n) is 3.31. The molecule has 124 valence electrons. The number of ether oxygens (including phenoxy) is 2. The van der Waals surface area contributed by atoms with Crippen LogP contribution in [0.25, 0.3) is 0 Å². The smallest absolute Gasteiger partial charge is 0.228 e. The van der Waals surface area contributed by atoms with Crippen LogP contribution in [0.5, 0.6) is 11.5 Å². The molecule has 0 bridgehead atoms. The van der Waals surface area contributed by atoms with Gasteiger partial charge >= 0.3 is 0 Å². The van der Waals surface area contributed by atoms with E-state index in [2.05, 4.69) is 0 Å². The molecule has 23 heavy (non-hydrogen) atoms. The Balaban J connectivity index is 1.81. The standard InChI is InChI=1S/C17H22N2O4/c1-22-13-5-6-15(23-2)14(10-13)19-11-12(9-16(19)20)17(21)18-7-3-4-8-18/h5-6,10,12H,3-4,7-9,11H2,1-2H3/t12-/m0/s1. The van der Waals surface area contributed by atoms with Crippen molar-refractivity contribution in [3.8, 4) is 11.5 Å². The van der Waals surface area contributed by atoms with Gasteiger partial charge in [-0.3, -0.25) is 9.59 Å². The molecule has 3 rings (SSSR count). The summed E-state index contributed by atoms with van der Waals surface area (Å²) in [6.45, 7) is 2.02. The molecule has 1 aromatic rings. The molecule has 2 fully saturated rings. The van der Waals surface area contributed by atoms with Crippen molar-refractivity contribution in [1.82, 2.24) is 4.90 Å². The summed E-state index contributed by atoms with van der Waals surface area (Å²) in [6, 6.07) is 5.34. The molecule has 0 spiro atoms. The number of hydrogen-bond acceptors (Lipinski definition) is 4. The van der Waals surface area contributed by atoms with E-state index in [4.69, 9.17) is 9.47 Å². The molecule has 0 aromatic heterocycles. The highest BCUT2D eigenvalue weighted by Crippen LogP contribution is 2.36. The molecule has 0 radical (unpaired) electrons. The topological polar surface area (TPSA) is 59.1 Å². The average Bonchev–Trinajstić information content (AvgIpc) is 3.23. The van der Waals surface area contributed by atoms with Crippen LogP contribution in [-0.2, 0) is 9.59 Å². The number of benzene rings is 1. The molecule has 0 saturated carbocycles. The van der Waals surface area contributed by atoms with Gasteiger partial charge in [-0.15, -0.1) is 0 Å². The van der Waals surface area contributed by atoms with Gasteiger partial charge in [0.2, 0.25) is 11.8 Å². The monoisotopic (exact) mass is 318 g/mol. The van der Waals surface area contributed by atoms with Crippen molar-refractivity contribution >= 4 is 17.5 Å². The number of amides is 2. The van der Waals surface area contributed by atoms with Gasteiger partial charge in [0, 0.05) is 32.1 Å². The lowest BCUT2D eigenvalue weighted by molar-refractivity contribution is -0.134. The van der Waals surface area contributed by atoms with Crippen LogP contribution in [0.2, 0.25) is 0 Å². The third kappa shape index (κ3) is 2.98. The predicted octanol–water partition coefficient (Wildman–Crippen LogP) is 1.68. The summed E-state index contributed by atoms with van der Waals surface area (Å²) in [4.78, 5) is 28.5. The van der Waals surface area contributed by atoms with Gasteiger partial charge in [-0.2, -0.15) is 0 Å². The molecule has 2 amide bonds. The second-order valence-electron chi connectivity index (χ2n) is 5.98. The minimum absolute atomic E-state index is 0.0471. The van der Waals surface area contributed by atoms with Crippen LogP contribution in [-0.4, -0.2) is 50.6 Å². The summed E-state index contributed by atoms with van der Waals surface area (Å²) in [5.41, 5.74) is 0.661. The van der Waals surface area contributed by atoms with E-state index in [1.54, 1.807) is 37.3 Å². The molecule has 2 saturated heterocycles. The van der Waals surface area contributed by atoms with Gasteiger partial charge in [0.1, 0.15) is 11.5 Å². The van der Waals surface area contributed by atoms with E-state index >= 15 is 0 Å². The third-order valence-corrected chi connectivity index (χ3v) is 4.57. The number of carbonyl (C=O) groups is 2. The summed E-state index contributed by atoms with van der Waals surface area (Å²) in [6.07, 6.45) is 2.37. The van der Waals surface area contributed by atoms with Gasteiger partial charge < -0.3 is 19.3 Å². The normalized spacial score (nSPS) is 21.0. The van der Waals surface area contributed by atoms with E-state index in [1.165, 1.54) is 0 Å². The number of rotatable bonds is 4. The number of hydrogen-bond donors (Lipinski definition) is 0. The summed E-state index contributed by atoms with van der Waals surface area (Å²) >= 11 is 0. The Hall–Kier alpha value is -2.24. The third-order valence-electron chi connectivity index (χ3n) is 4.57. The van der Waals surface area contributed by atoms with Crippen LogP contribution >= 0.6 is 0 Å². The van der Waals surface area contributed by atoms with E-state index in [1.807, 2.05) is 4.90 Å². The lowest BCUT2D eigenvalue weighted by Gasteiger charge is -2.22. The lowest BCUT2D eigenvalue weighted by Crippen LogP contribution is -2.35. The fraction of sp³-hybridized carbons (Fsp3) is 0.529. The average molecular weight is 318 g/mol. The molecule has 2 aliphatic heterocycles. The molecule has 6 nitrogen and oxygen atoms in total. The summed E-state index contributed by atoms with van der Waals surface area (Å²) in [5.74, 6) is 1.04. The van der Waals surface area contributed by atoms with E-state index in [9.17, 15) is 9.59 Å². The predicted molar refractivity (Wildman–Crippen MR) is 85.8 cm³/mol. The number of methoxy groups -OCH3 is 2. The van der Waals surface area contributed by atoms with Crippen molar-refractivity contribution in [2.24, 2.45) is 5.92 Å². The quantitative estimate of drug-likeness (QED) is 0.847. The molecule has 2 heterocycles. The Kier molecular flexibility index (Phi) is 4.41. The number of carbonyl (C=O) groups excluding carboxylic acids is 2. The number of nitrogens with zero attached hydrogens (tertiary/aromatic N) is 2. The Morgan fingerprint density at radius 2 is 1.91 bits per heavy atom. The zero-order valence-corrected chi connectivity index (χ0v) is 13.6. The highest BCUT2D eigenvalue weighted by Gasteiger charge is 2.38. The lowest BCUT2D eigenvalue weighted by atomic mass is 10.1. The summed E-state index contributed by atoms with van der Waals surface area (Å²) in [5, 5.41) is 0. The van der Waals surface area contributed by atoms with Crippen LogP contribution in [0, 0.1) is 5.92 Å². The summed E-state index contributed by atoms with van der Waals surface area (Å²) in [7, 11) is 3.15. The van der Waals surface area contributed by atoms with Crippen molar-refractivity contribution in [3.05, 3.63) is 18.2 Å². The maximum atomic E-state index is 12.5. The second kappa shape index (κ2) is 6.48. The molecule has 6 heteroatoms. The zero-order chi connectivity index (χ0) is 16.4. The molecule has 2 aliphatic rings. The Morgan fingerprint density at radius 3 is 2.57 bits per heavy atom. The van der Waals surface area contributed by atoms with Gasteiger partial charge in [0.15, 0.2) is 0 Å². The largest absolute Gasteiger partial charge is 0.497 e. The Bertz CT molecular complexity index is 611. The first-order valence-electron chi connectivity index (χ1n) is 7.95. The van der Waals surface area contributed by atoms with Crippen LogP contribution in [0.1, 0.15) is 19.3 Å². The van der Waals surface area contributed by atoms with E-state index in [-0.39, 0.29) is 24.2 Å². The Labute approximate surface area is 136 Å². The van der Waals surface area contributed by atoms with Crippen molar-refractivity contribution in [2.45, 2.75) is 19.3 Å². The molecule has 0 unspecified atom stereocenters. The van der Waals surface area contributed by atoms with Gasteiger partial charge in [0.25, 0.3) is 0 Å². The fourth-order valence-corrected chi connectivity index (χ4v) is 3.31. The molecular formula is C17H22N2O4. The molecular weight excluding hydrogens is 296 g/mol. The molecule has 1 aromatic carbocycles. The number of anilines is 1. The van der Waals surface area contributed by atoms with Crippen molar-refractivity contribution in [2.75, 3.05) is 38.8 Å². The van der Waals surface area contributed by atoms with E-state index in [0.29, 0.717) is 23.7 Å². The van der Waals surface area contributed by atoms with Crippen molar-refractivity contribution in [3.63, 3.8) is 0 Å². The SMILES string of the molecule is COc1ccc(OC)c(N2C[C@@H](C(=O)N3CCCC3)CC2=O)c1. The molecule has 1 atom stereocenters. The second-order valence-corrected chi connectivity index (χ2v) is 5.98. The van der Waals surface area contributed by atoms with Crippen LogP contribution < -0.4 is 14.4 Å². The van der Waals surface area contributed by atoms with Gasteiger partial charge in [-0.05, 0) is 25.0 Å². The minimum atomic E-state index is -0.267. The van der Waals surface area contributed by atoms with Crippen LogP contribution in [0.15, 0.2) is 18.2 Å². The first-order valence-corrected chi connectivity index (χ1v) is 7.95. The molecule has 0 N–H and O–H groups in total. The maximum absolute atomic E-state index is 12.5. The maximum Gasteiger partial charge on any atom is 0.228 e. The molecule has 0 aliphatic carbocycles. The van der Waals surface area contributed by atoms with E-state index in [0.717, 1.165) is 25.9 Å². The first kappa shape index (κ1) is 15.6. The van der Waals surface area contributed by atoms with Crippen molar-refractivity contribution in [1.29, 1.82) is 0 Å². The highest BCUT2D eigenvalue weighted by atomic mass is 16.5. The van der Waals surface area contributed by atoms with E-state index < -0.39 is 0 Å². The van der Waals surface area contributed by atoms with Gasteiger partial charge in [0.05, 0.1) is 25.8 Å². The summed E-state index contributed by atoms with van der Waals surface area (Å²) < 4.78 is 10.6. The number of likely N-dealkylation sites (tertiary alicyclic amines) is 1. The van der Waals surface area contributed by atoms with Crippen molar-refractivity contribution < 1.29 is 19.1 Å². The van der Waals surface area contributed by atoms with Crippen LogP contribution in [0.3, 0.4) is 0 Å². The van der Waals surface area contributed by atoms with Gasteiger partial charge in [-0.1, -0.05) is 0 Å².